The van der Waals surface area contributed by atoms with Gasteiger partial charge in [0.2, 0.25) is 0 Å². The average molecular weight is 302 g/mol. The maximum atomic E-state index is 12.6. The third kappa shape index (κ3) is 2.47. The first kappa shape index (κ1) is 13.6. The zero-order valence-corrected chi connectivity index (χ0v) is 12.2. The molecule has 0 aliphatic carbocycles. The summed E-state index contributed by atoms with van der Waals surface area (Å²) in [6.07, 6.45) is 5.52. The number of H-pyrrole nitrogens is 1. The van der Waals surface area contributed by atoms with Gasteiger partial charge < -0.3 is 0 Å². The van der Waals surface area contributed by atoms with E-state index in [4.69, 9.17) is 0 Å². The van der Waals surface area contributed by atoms with Gasteiger partial charge in [0, 0.05) is 28.7 Å². The molecule has 0 saturated carbocycles. The van der Waals surface area contributed by atoms with Crippen LogP contribution in [-0.4, -0.2) is 23.6 Å². The maximum absolute atomic E-state index is 12.6. The number of nitrogens with one attached hydrogen (secondary N) is 2. The van der Waals surface area contributed by atoms with E-state index in [2.05, 4.69) is 19.9 Å². The summed E-state index contributed by atoms with van der Waals surface area (Å²) in [5.41, 5.74) is 0.820. The summed E-state index contributed by atoms with van der Waals surface area (Å²) in [5, 5.41) is 7.96. The molecule has 0 aliphatic heterocycles. The molecular formula is C14H14N4O2S. The fourth-order valence-electron chi connectivity index (χ4n) is 2.18. The molecule has 7 heteroatoms. The zero-order valence-electron chi connectivity index (χ0n) is 11.4. The van der Waals surface area contributed by atoms with Crippen molar-refractivity contribution < 1.29 is 8.42 Å². The van der Waals surface area contributed by atoms with Gasteiger partial charge in [-0.3, -0.25) is 14.8 Å². The first-order valence-corrected chi connectivity index (χ1v) is 7.98. The Balaban J connectivity index is 2.09. The third-order valence-corrected chi connectivity index (χ3v) is 4.67. The van der Waals surface area contributed by atoms with Crippen molar-refractivity contribution in [2.24, 2.45) is 0 Å². The summed E-state index contributed by atoms with van der Waals surface area (Å²) in [6, 6.07) is 6.80. The topological polar surface area (TPSA) is 87.7 Å². The van der Waals surface area contributed by atoms with Gasteiger partial charge >= 0.3 is 0 Å². The predicted molar refractivity (Wildman–Crippen MR) is 80.5 cm³/mol. The van der Waals surface area contributed by atoms with Crippen molar-refractivity contribution in [1.29, 1.82) is 0 Å². The molecule has 1 aromatic carbocycles. The molecule has 6 nitrogen and oxygen atoms in total. The highest BCUT2D eigenvalue weighted by atomic mass is 32.2. The lowest BCUT2D eigenvalue weighted by atomic mass is 10.2. The number of hydrogen-bond donors (Lipinski definition) is 2. The Morgan fingerprint density at radius 3 is 2.90 bits per heavy atom. The SMILES string of the molecule is CCc1cn[nH]c1NS(=O)(=O)c1cccc2cnccc12. The van der Waals surface area contributed by atoms with Crippen LogP contribution in [0, 0.1) is 0 Å². The van der Waals surface area contributed by atoms with Crippen molar-refractivity contribution >= 4 is 26.6 Å². The Bertz CT molecular complexity index is 881. The number of anilines is 1. The van der Waals surface area contributed by atoms with Gasteiger partial charge in [0.25, 0.3) is 10.0 Å². The number of aromatic amines is 1. The van der Waals surface area contributed by atoms with Crippen LogP contribution in [-0.2, 0) is 16.4 Å². The van der Waals surface area contributed by atoms with Crippen LogP contribution in [0.25, 0.3) is 10.8 Å². The van der Waals surface area contributed by atoms with Gasteiger partial charge in [-0.05, 0) is 18.6 Å². The molecule has 2 N–H and O–H groups in total. The molecule has 0 aliphatic rings. The van der Waals surface area contributed by atoms with Crippen LogP contribution in [0.4, 0.5) is 5.82 Å². The van der Waals surface area contributed by atoms with Crippen LogP contribution in [0.2, 0.25) is 0 Å². The number of sulfonamides is 1. The molecule has 0 atom stereocenters. The number of aromatic nitrogens is 3. The first-order chi connectivity index (χ1) is 10.1. The fourth-order valence-corrected chi connectivity index (χ4v) is 3.47. The molecule has 2 heterocycles. The Hall–Kier alpha value is -2.41. The maximum Gasteiger partial charge on any atom is 0.263 e. The standard InChI is InChI=1S/C14H14N4O2S/c1-2-10-9-16-17-14(10)18-21(19,20)13-5-3-4-11-8-15-7-6-12(11)13/h3-9H,2H2,1H3,(H2,16,17,18). The van der Waals surface area contributed by atoms with Crippen molar-refractivity contribution in [1.82, 2.24) is 15.2 Å². The van der Waals surface area contributed by atoms with E-state index in [-0.39, 0.29) is 4.90 Å². The molecule has 0 radical (unpaired) electrons. The van der Waals surface area contributed by atoms with E-state index in [0.717, 1.165) is 10.9 Å². The highest BCUT2D eigenvalue weighted by Gasteiger charge is 2.19. The van der Waals surface area contributed by atoms with Gasteiger partial charge in [-0.1, -0.05) is 19.1 Å². The van der Waals surface area contributed by atoms with E-state index in [0.29, 0.717) is 17.6 Å². The summed E-state index contributed by atoms with van der Waals surface area (Å²) in [4.78, 5) is 4.23. The van der Waals surface area contributed by atoms with Crippen LogP contribution in [0.1, 0.15) is 12.5 Å². The zero-order chi connectivity index (χ0) is 14.9. The molecule has 0 unspecified atom stereocenters. The van der Waals surface area contributed by atoms with E-state index in [1.54, 1.807) is 36.8 Å². The average Bonchev–Trinajstić information content (AvgIpc) is 2.93. The smallest absolute Gasteiger partial charge is 0.263 e. The van der Waals surface area contributed by atoms with Gasteiger partial charge in [0.1, 0.15) is 5.82 Å². The van der Waals surface area contributed by atoms with Gasteiger partial charge in [0.15, 0.2) is 0 Å². The largest absolute Gasteiger partial charge is 0.264 e. The summed E-state index contributed by atoms with van der Waals surface area (Å²) in [6.45, 7) is 1.94. The molecule has 3 aromatic rings. The van der Waals surface area contributed by atoms with Gasteiger partial charge in [-0.15, -0.1) is 0 Å². The summed E-state index contributed by atoms with van der Waals surface area (Å²) in [7, 11) is -3.69. The first-order valence-electron chi connectivity index (χ1n) is 6.49. The van der Waals surface area contributed by atoms with Gasteiger partial charge in [-0.2, -0.15) is 5.10 Å². The van der Waals surface area contributed by atoms with Gasteiger partial charge in [0.05, 0.1) is 11.1 Å². The number of hydrogen-bond acceptors (Lipinski definition) is 4. The van der Waals surface area contributed by atoms with Crippen molar-refractivity contribution in [2.75, 3.05) is 4.72 Å². The predicted octanol–water partition coefficient (Wildman–Crippen LogP) is 2.32. The molecular weight excluding hydrogens is 288 g/mol. The fraction of sp³-hybridized carbons (Fsp3) is 0.143. The second-order valence-corrected chi connectivity index (χ2v) is 6.23. The number of benzene rings is 1. The highest BCUT2D eigenvalue weighted by molar-refractivity contribution is 7.93. The molecule has 2 aromatic heterocycles. The minimum atomic E-state index is -3.69. The molecule has 0 amide bonds. The molecule has 0 fully saturated rings. The Morgan fingerprint density at radius 2 is 2.10 bits per heavy atom. The molecule has 0 saturated heterocycles. The normalized spacial score (nSPS) is 11.7. The number of aryl methyl sites for hydroxylation is 1. The van der Waals surface area contributed by atoms with Crippen molar-refractivity contribution in [3.8, 4) is 0 Å². The molecule has 21 heavy (non-hydrogen) atoms. The summed E-state index contributed by atoms with van der Waals surface area (Å²) in [5.74, 6) is 0.406. The third-order valence-electron chi connectivity index (χ3n) is 3.27. The van der Waals surface area contributed by atoms with E-state index in [1.807, 2.05) is 13.0 Å². The molecule has 3 rings (SSSR count). The second-order valence-electron chi connectivity index (χ2n) is 4.58. The molecule has 0 bridgehead atoms. The van der Waals surface area contributed by atoms with Crippen LogP contribution in [0.5, 0.6) is 0 Å². The monoisotopic (exact) mass is 302 g/mol. The lowest BCUT2D eigenvalue weighted by molar-refractivity contribution is 0.602. The van der Waals surface area contributed by atoms with Crippen molar-refractivity contribution in [3.63, 3.8) is 0 Å². The minimum absolute atomic E-state index is 0.221. The Kier molecular flexibility index (Phi) is 3.34. The Morgan fingerprint density at radius 1 is 1.24 bits per heavy atom. The van der Waals surface area contributed by atoms with Crippen molar-refractivity contribution in [2.45, 2.75) is 18.2 Å². The summed E-state index contributed by atoms with van der Waals surface area (Å²) < 4.78 is 27.8. The van der Waals surface area contributed by atoms with Crippen molar-refractivity contribution in [3.05, 3.63) is 48.4 Å². The van der Waals surface area contributed by atoms with E-state index in [1.165, 1.54) is 0 Å². The van der Waals surface area contributed by atoms with Crippen LogP contribution >= 0.6 is 0 Å². The van der Waals surface area contributed by atoms with E-state index < -0.39 is 10.0 Å². The number of pyridine rings is 1. The molecule has 108 valence electrons. The van der Waals surface area contributed by atoms with Crippen LogP contribution in [0.15, 0.2) is 47.8 Å². The minimum Gasteiger partial charge on any atom is -0.264 e. The van der Waals surface area contributed by atoms with Crippen LogP contribution < -0.4 is 4.72 Å². The van der Waals surface area contributed by atoms with E-state index >= 15 is 0 Å². The van der Waals surface area contributed by atoms with Crippen LogP contribution in [0.3, 0.4) is 0 Å². The number of nitrogens with zero attached hydrogens (tertiary/aromatic N) is 2. The highest BCUT2D eigenvalue weighted by Crippen LogP contribution is 2.24. The quantitative estimate of drug-likeness (QED) is 0.774. The summed E-state index contributed by atoms with van der Waals surface area (Å²) >= 11 is 0. The Labute approximate surface area is 122 Å². The van der Waals surface area contributed by atoms with E-state index in [9.17, 15) is 8.42 Å². The lowest BCUT2D eigenvalue weighted by Crippen LogP contribution is -2.14. The molecule has 0 spiro atoms. The number of rotatable bonds is 4. The second kappa shape index (κ2) is 5.17. The number of fused-ring (bicyclic) bond motifs is 1. The van der Waals surface area contributed by atoms with Gasteiger partial charge in [-0.25, -0.2) is 8.42 Å². The lowest BCUT2D eigenvalue weighted by Gasteiger charge is -2.10.